The van der Waals surface area contributed by atoms with Crippen LogP contribution in [0.5, 0.6) is 0 Å². The number of nitrogens with zero attached hydrogens (tertiary/aromatic N) is 4. The van der Waals surface area contributed by atoms with Crippen molar-refractivity contribution in [2.75, 3.05) is 19.7 Å². The number of carbonyl (C=O) groups excluding carboxylic acids is 1. The molecule has 0 saturated carbocycles. The van der Waals surface area contributed by atoms with Crippen molar-refractivity contribution in [1.29, 1.82) is 0 Å². The van der Waals surface area contributed by atoms with Crippen molar-refractivity contribution in [1.82, 2.24) is 24.9 Å². The van der Waals surface area contributed by atoms with Crippen LogP contribution in [0.3, 0.4) is 0 Å². The van der Waals surface area contributed by atoms with Gasteiger partial charge in [0, 0.05) is 26.0 Å². The highest BCUT2D eigenvalue weighted by Crippen LogP contribution is 2.21. The molecule has 100 valence electrons. The number of carbonyl (C=O) groups is 1. The summed E-state index contributed by atoms with van der Waals surface area (Å²) in [6.07, 6.45) is 3.29. The number of aryl methyl sites for hydroxylation is 1. The number of hydrogen-bond acceptors (Lipinski definition) is 4. The molecule has 0 aromatic carbocycles. The molecule has 1 aliphatic rings. The van der Waals surface area contributed by atoms with E-state index in [-0.39, 0.29) is 12.0 Å². The van der Waals surface area contributed by atoms with Gasteiger partial charge in [-0.3, -0.25) is 14.6 Å². The van der Waals surface area contributed by atoms with Crippen molar-refractivity contribution in [2.45, 2.75) is 6.10 Å². The number of morpholine rings is 1. The van der Waals surface area contributed by atoms with E-state index in [0.717, 1.165) is 5.69 Å². The maximum Gasteiger partial charge on any atom is 0.274 e. The Labute approximate surface area is 110 Å². The molecule has 0 spiro atoms. The Hall–Kier alpha value is -2.15. The number of aromatic amines is 1. The average molecular weight is 261 g/mol. The van der Waals surface area contributed by atoms with Crippen LogP contribution in [0.4, 0.5) is 0 Å². The van der Waals surface area contributed by atoms with Gasteiger partial charge in [-0.25, -0.2) is 0 Å². The van der Waals surface area contributed by atoms with Gasteiger partial charge in [0.2, 0.25) is 0 Å². The molecule has 1 saturated heterocycles. The molecular weight excluding hydrogens is 246 g/mol. The molecule has 0 aliphatic carbocycles. The molecule has 0 unspecified atom stereocenters. The van der Waals surface area contributed by atoms with E-state index in [9.17, 15) is 4.79 Å². The summed E-state index contributed by atoms with van der Waals surface area (Å²) < 4.78 is 7.28. The molecule has 0 radical (unpaired) electrons. The fourth-order valence-electron chi connectivity index (χ4n) is 2.16. The SMILES string of the molecule is Cn1ccc(C(=O)N2CCO[C@@H](c3ccn[nH]3)C2)n1. The minimum Gasteiger partial charge on any atom is -0.368 e. The molecule has 0 bridgehead atoms. The van der Waals surface area contributed by atoms with Crippen LogP contribution in [-0.4, -0.2) is 50.5 Å². The van der Waals surface area contributed by atoms with Crippen molar-refractivity contribution in [3.63, 3.8) is 0 Å². The van der Waals surface area contributed by atoms with Gasteiger partial charge < -0.3 is 9.64 Å². The molecule has 3 heterocycles. The van der Waals surface area contributed by atoms with Crippen LogP contribution in [-0.2, 0) is 11.8 Å². The summed E-state index contributed by atoms with van der Waals surface area (Å²) in [5.41, 5.74) is 1.35. The maximum atomic E-state index is 12.3. The number of amides is 1. The number of hydrogen-bond donors (Lipinski definition) is 1. The van der Waals surface area contributed by atoms with E-state index in [1.165, 1.54) is 0 Å². The first-order valence-corrected chi connectivity index (χ1v) is 6.14. The third kappa shape index (κ3) is 2.37. The number of ether oxygens (including phenoxy) is 1. The zero-order chi connectivity index (χ0) is 13.2. The normalized spacial score (nSPS) is 19.6. The number of H-pyrrole nitrogens is 1. The van der Waals surface area contributed by atoms with Crippen LogP contribution in [0.15, 0.2) is 24.5 Å². The maximum absolute atomic E-state index is 12.3. The van der Waals surface area contributed by atoms with Crippen molar-refractivity contribution in [2.24, 2.45) is 7.05 Å². The Morgan fingerprint density at radius 1 is 1.53 bits per heavy atom. The van der Waals surface area contributed by atoms with Crippen LogP contribution in [0.2, 0.25) is 0 Å². The Morgan fingerprint density at radius 2 is 2.42 bits per heavy atom. The minimum atomic E-state index is -0.149. The molecule has 1 N–H and O–H groups in total. The Bertz CT molecular complexity index is 562. The lowest BCUT2D eigenvalue weighted by Crippen LogP contribution is -2.42. The summed E-state index contributed by atoms with van der Waals surface area (Å²) in [6, 6.07) is 3.59. The molecule has 7 nitrogen and oxygen atoms in total. The Kier molecular flexibility index (Phi) is 3.04. The molecule has 1 atom stereocenters. The van der Waals surface area contributed by atoms with E-state index in [1.807, 2.05) is 6.07 Å². The van der Waals surface area contributed by atoms with Crippen molar-refractivity contribution >= 4 is 5.91 Å². The average Bonchev–Trinajstić information content (AvgIpc) is 3.09. The monoisotopic (exact) mass is 261 g/mol. The van der Waals surface area contributed by atoms with Gasteiger partial charge in [-0.05, 0) is 12.1 Å². The summed E-state index contributed by atoms with van der Waals surface area (Å²) >= 11 is 0. The first-order valence-electron chi connectivity index (χ1n) is 6.14. The minimum absolute atomic E-state index is 0.0617. The third-order valence-electron chi connectivity index (χ3n) is 3.16. The highest BCUT2D eigenvalue weighted by atomic mass is 16.5. The Balaban J connectivity index is 1.73. The number of aromatic nitrogens is 4. The topological polar surface area (TPSA) is 76.0 Å². The second-order valence-corrected chi connectivity index (χ2v) is 4.50. The summed E-state index contributed by atoms with van der Waals surface area (Å²) in [4.78, 5) is 14.1. The van der Waals surface area contributed by atoms with Gasteiger partial charge in [0.05, 0.1) is 18.8 Å². The summed E-state index contributed by atoms with van der Waals surface area (Å²) in [5.74, 6) is -0.0617. The molecule has 19 heavy (non-hydrogen) atoms. The van der Waals surface area contributed by atoms with Gasteiger partial charge in [0.25, 0.3) is 5.91 Å². The number of rotatable bonds is 2. The smallest absolute Gasteiger partial charge is 0.274 e. The van der Waals surface area contributed by atoms with Crippen LogP contribution in [0.25, 0.3) is 0 Å². The fourth-order valence-corrected chi connectivity index (χ4v) is 2.16. The van der Waals surface area contributed by atoms with E-state index in [2.05, 4.69) is 15.3 Å². The van der Waals surface area contributed by atoms with Crippen molar-refractivity contribution < 1.29 is 9.53 Å². The standard InChI is InChI=1S/C12H15N5O2/c1-16-5-3-10(15-16)12(18)17-6-7-19-11(8-17)9-2-4-13-14-9/h2-5,11H,6-8H2,1H3,(H,13,14)/t11-/m1/s1. The van der Waals surface area contributed by atoms with Gasteiger partial charge in [-0.15, -0.1) is 0 Å². The number of nitrogens with one attached hydrogen (secondary N) is 1. The van der Waals surface area contributed by atoms with Gasteiger partial charge in [-0.2, -0.15) is 10.2 Å². The predicted molar refractivity (Wildman–Crippen MR) is 66.4 cm³/mol. The quantitative estimate of drug-likeness (QED) is 0.846. The Morgan fingerprint density at radius 3 is 3.11 bits per heavy atom. The van der Waals surface area contributed by atoms with E-state index in [4.69, 9.17) is 4.74 Å². The van der Waals surface area contributed by atoms with Gasteiger partial charge in [0.1, 0.15) is 11.8 Å². The predicted octanol–water partition coefficient (Wildman–Crippen LogP) is 0.357. The van der Waals surface area contributed by atoms with Gasteiger partial charge in [-0.1, -0.05) is 0 Å². The lowest BCUT2D eigenvalue weighted by atomic mass is 10.2. The van der Waals surface area contributed by atoms with E-state index < -0.39 is 0 Å². The molecule has 1 aliphatic heterocycles. The molecular formula is C12H15N5O2. The van der Waals surface area contributed by atoms with Crippen molar-refractivity contribution in [3.8, 4) is 0 Å². The molecule has 7 heteroatoms. The molecule has 2 aromatic heterocycles. The first-order chi connectivity index (χ1) is 9.24. The zero-order valence-corrected chi connectivity index (χ0v) is 10.6. The first kappa shape index (κ1) is 11.9. The van der Waals surface area contributed by atoms with E-state index in [1.54, 1.807) is 35.1 Å². The van der Waals surface area contributed by atoms with Crippen LogP contribution >= 0.6 is 0 Å². The van der Waals surface area contributed by atoms with Gasteiger partial charge in [0.15, 0.2) is 0 Å². The lowest BCUT2D eigenvalue weighted by Gasteiger charge is -2.31. The zero-order valence-electron chi connectivity index (χ0n) is 10.6. The highest BCUT2D eigenvalue weighted by Gasteiger charge is 2.27. The third-order valence-corrected chi connectivity index (χ3v) is 3.16. The molecule has 1 amide bonds. The molecule has 1 fully saturated rings. The second-order valence-electron chi connectivity index (χ2n) is 4.50. The largest absolute Gasteiger partial charge is 0.368 e. The van der Waals surface area contributed by atoms with Crippen LogP contribution < -0.4 is 0 Å². The van der Waals surface area contributed by atoms with E-state index in [0.29, 0.717) is 25.4 Å². The van der Waals surface area contributed by atoms with Crippen LogP contribution in [0.1, 0.15) is 22.3 Å². The van der Waals surface area contributed by atoms with Crippen molar-refractivity contribution in [3.05, 3.63) is 35.9 Å². The molecule has 3 rings (SSSR count). The fraction of sp³-hybridized carbons (Fsp3) is 0.417. The highest BCUT2D eigenvalue weighted by molar-refractivity contribution is 5.92. The summed E-state index contributed by atoms with van der Waals surface area (Å²) in [6.45, 7) is 1.61. The van der Waals surface area contributed by atoms with Crippen LogP contribution in [0, 0.1) is 0 Å². The lowest BCUT2D eigenvalue weighted by molar-refractivity contribution is -0.0249. The molecule has 2 aromatic rings. The van der Waals surface area contributed by atoms with E-state index >= 15 is 0 Å². The second kappa shape index (κ2) is 4.85. The van der Waals surface area contributed by atoms with Gasteiger partial charge >= 0.3 is 0 Å². The summed E-state index contributed by atoms with van der Waals surface area (Å²) in [7, 11) is 1.80. The summed E-state index contributed by atoms with van der Waals surface area (Å²) in [5, 5.41) is 10.9.